The topological polar surface area (TPSA) is 92.8 Å². The van der Waals surface area contributed by atoms with Gasteiger partial charge in [0.2, 0.25) is 5.95 Å². The Labute approximate surface area is 171 Å². The lowest BCUT2D eigenvalue weighted by molar-refractivity contribution is 0.242. The van der Waals surface area contributed by atoms with Gasteiger partial charge in [0.1, 0.15) is 5.69 Å². The van der Waals surface area contributed by atoms with Gasteiger partial charge in [0.05, 0.1) is 21.8 Å². The first kappa shape index (κ1) is 17.8. The van der Waals surface area contributed by atoms with Gasteiger partial charge in [-0.3, -0.25) is 14.7 Å². The molecule has 1 aliphatic heterocycles. The van der Waals surface area contributed by atoms with Crippen molar-refractivity contribution in [2.45, 2.75) is 19.5 Å². The Morgan fingerprint density at radius 3 is 2.83 bits per heavy atom. The third kappa shape index (κ3) is 3.48. The molecule has 0 bridgehead atoms. The van der Waals surface area contributed by atoms with E-state index < -0.39 is 0 Å². The molecular formula is C21H20N6OS. The fourth-order valence-corrected chi connectivity index (χ4v) is 4.48. The molecule has 0 saturated heterocycles. The van der Waals surface area contributed by atoms with E-state index in [2.05, 4.69) is 32.5 Å². The number of nitrogens with one attached hydrogen (secondary N) is 1. The lowest BCUT2D eigenvalue weighted by Gasteiger charge is -2.27. The number of fused-ring (bicyclic) bond motifs is 1. The van der Waals surface area contributed by atoms with Crippen LogP contribution in [0.3, 0.4) is 0 Å². The van der Waals surface area contributed by atoms with E-state index in [0.717, 1.165) is 34.1 Å². The van der Waals surface area contributed by atoms with Gasteiger partial charge in [-0.25, -0.2) is 9.67 Å². The highest BCUT2D eigenvalue weighted by molar-refractivity contribution is 7.13. The molecule has 0 radical (unpaired) electrons. The number of benzene rings is 1. The van der Waals surface area contributed by atoms with Crippen LogP contribution < -0.4 is 11.3 Å². The largest absolute Gasteiger partial charge is 0.369 e. The van der Waals surface area contributed by atoms with Gasteiger partial charge in [-0.1, -0.05) is 24.3 Å². The molecule has 4 heterocycles. The van der Waals surface area contributed by atoms with Gasteiger partial charge in [-0.15, -0.1) is 11.3 Å². The third-order valence-electron chi connectivity index (χ3n) is 5.13. The number of aromatic nitrogens is 4. The molecular weight excluding hydrogens is 384 g/mol. The first-order valence-corrected chi connectivity index (χ1v) is 10.3. The Hall–Kier alpha value is -3.23. The number of rotatable bonds is 4. The molecule has 4 aromatic rings. The van der Waals surface area contributed by atoms with E-state index >= 15 is 0 Å². The van der Waals surface area contributed by atoms with E-state index in [1.165, 1.54) is 0 Å². The van der Waals surface area contributed by atoms with Gasteiger partial charge in [0.25, 0.3) is 5.56 Å². The number of nitrogens with zero attached hydrogens (tertiary/aromatic N) is 4. The fraction of sp³-hybridized carbons (Fsp3) is 0.190. The quantitative estimate of drug-likeness (QED) is 0.546. The fourth-order valence-electron chi connectivity index (χ4n) is 3.74. The molecule has 0 atom stereocenters. The molecule has 8 heteroatoms. The summed E-state index contributed by atoms with van der Waals surface area (Å²) in [6.07, 6.45) is 2.80. The standard InChI is InChI=1S/C21H20N6OS/c22-21-23-17-8-9-26(13-16(17)20(28)24-21)11-14-12-27(15-5-2-1-3-6-15)25-19(14)18-7-4-10-29-18/h1-7,10,12H,8-9,11,13H2,(H3,22,23,24,28). The molecule has 1 aliphatic rings. The summed E-state index contributed by atoms with van der Waals surface area (Å²) < 4.78 is 1.93. The monoisotopic (exact) mass is 404 g/mol. The molecule has 1 aromatic carbocycles. The first-order valence-electron chi connectivity index (χ1n) is 9.45. The van der Waals surface area contributed by atoms with E-state index in [1.807, 2.05) is 41.1 Å². The van der Waals surface area contributed by atoms with Crippen molar-refractivity contribution < 1.29 is 0 Å². The maximum atomic E-state index is 12.3. The highest BCUT2D eigenvalue weighted by atomic mass is 32.1. The summed E-state index contributed by atoms with van der Waals surface area (Å²) in [6, 6.07) is 14.2. The number of hydrogen-bond donors (Lipinski definition) is 2. The highest BCUT2D eigenvalue weighted by Gasteiger charge is 2.23. The minimum atomic E-state index is -0.143. The van der Waals surface area contributed by atoms with Crippen LogP contribution in [0.15, 0.2) is 58.8 Å². The van der Waals surface area contributed by atoms with Gasteiger partial charge in [-0.2, -0.15) is 5.10 Å². The normalized spacial score (nSPS) is 14.1. The van der Waals surface area contributed by atoms with Crippen LogP contribution in [0.2, 0.25) is 0 Å². The average Bonchev–Trinajstić information content (AvgIpc) is 3.39. The van der Waals surface area contributed by atoms with Gasteiger partial charge in [0.15, 0.2) is 0 Å². The Morgan fingerprint density at radius 1 is 1.17 bits per heavy atom. The number of thiophene rings is 1. The van der Waals surface area contributed by atoms with Crippen LogP contribution in [-0.4, -0.2) is 31.2 Å². The molecule has 0 fully saturated rings. The average molecular weight is 404 g/mol. The van der Waals surface area contributed by atoms with Gasteiger partial charge < -0.3 is 5.73 Å². The summed E-state index contributed by atoms with van der Waals surface area (Å²) in [5.74, 6) is 0.186. The Bertz CT molecular complexity index is 1200. The van der Waals surface area contributed by atoms with Crippen molar-refractivity contribution in [2.24, 2.45) is 0 Å². The van der Waals surface area contributed by atoms with Crippen LogP contribution in [0.1, 0.15) is 16.8 Å². The van der Waals surface area contributed by atoms with Crippen LogP contribution in [-0.2, 0) is 19.5 Å². The van der Waals surface area contributed by atoms with Crippen LogP contribution >= 0.6 is 11.3 Å². The SMILES string of the molecule is Nc1nc2c(c(=O)[nH]1)CN(Cc1cn(-c3ccccc3)nc1-c1cccs1)CC2. The van der Waals surface area contributed by atoms with E-state index in [1.54, 1.807) is 11.3 Å². The van der Waals surface area contributed by atoms with Crippen LogP contribution in [0.5, 0.6) is 0 Å². The maximum absolute atomic E-state index is 12.3. The van der Waals surface area contributed by atoms with Crippen molar-refractivity contribution in [3.63, 3.8) is 0 Å². The number of para-hydroxylation sites is 1. The molecule has 0 unspecified atom stereocenters. The molecule has 0 saturated carbocycles. The summed E-state index contributed by atoms with van der Waals surface area (Å²) in [5, 5.41) is 6.93. The predicted octanol–water partition coefficient (Wildman–Crippen LogP) is 2.82. The Kier molecular flexibility index (Phi) is 4.49. The number of anilines is 1. The van der Waals surface area contributed by atoms with Crippen molar-refractivity contribution in [1.29, 1.82) is 0 Å². The lowest BCUT2D eigenvalue weighted by Crippen LogP contribution is -2.35. The minimum Gasteiger partial charge on any atom is -0.369 e. The van der Waals surface area contributed by atoms with Gasteiger partial charge >= 0.3 is 0 Å². The minimum absolute atomic E-state index is 0.143. The van der Waals surface area contributed by atoms with Crippen LogP contribution in [0.4, 0.5) is 5.95 Å². The first-order chi connectivity index (χ1) is 14.2. The Morgan fingerprint density at radius 2 is 2.03 bits per heavy atom. The van der Waals surface area contributed by atoms with Crippen molar-refractivity contribution >= 4 is 17.3 Å². The van der Waals surface area contributed by atoms with Gasteiger partial charge in [0, 0.05) is 37.8 Å². The second-order valence-corrected chi connectivity index (χ2v) is 8.05. The lowest BCUT2D eigenvalue weighted by atomic mass is 10.1. The summed E-state index contributed by atoms with van der Waals surface area (Å²) >= 11 is 1.68. The summed E-state index contributed by atoms with van der Waals surface area (Å²) in [5.41, 5.74) is 10.2. The molecule has 29 heavy (non-hydrogen) atoms. The van der Waals surface area contributed by atoms with Crippen molar-refractivity contribution in [2.75, 3.05) is 12.3 Å². The molecule has 0 amide bonds. The number of nitrogen functional groups attached to an aromatic ring is 1. The summed E-state index contributed by atoms with van der Waals surface area (Å²) in [4.78, 5) is 22.6. The zero-order chi connectivity index (χ0) is 19.8. The van der Waals surface area contributed by atoms with E-state index in [0.29, 0.717) is 25.1 Å². The predicted molar refractivity (Wildman–Crippen MR) is 114 cm³/mol. The zero-order valence-corrected chi connectivity index (χ0v) is 16.5. The van der Waals surface area contributed by atoms with Crippen molar-refractivity contribution in [3.05, 3.63) is 81.2 Å². The molecule has 0 aliphatic carbocycles. The summed E-state index contributed by atoms with van der Waals surface area (Å²) in [6.45, 7) is 2.09. The van der Waals surface area contributed by atoms with Gasteiger partial charge in [-0.05, 0) is 23.6 Å². The zero-order valence-electron chi connectivity index (χ0n) is 15.7. The van der Waals surface area contributed by atoms with E-state index in [-0.39, 0.29) is 11.5 Å². The molecule has 0 spiro atoms. The second kappa shape index (κ2) is 7.31. The van der Waals surface area contributed by atoms with Crippen LogP contribution in [0.25, 0.3) is 16.3 Å². The number of aromatic amines is 1. The smallest absolute Gasteiger partial charge is 0.257 e. The molecule has 7 nitrogen and oxygen atoms in total. The van der Waals surface area contributed by atoms with Crippen molar-refractivity contribution in [3.8, 4) is 16.3 Å². The van der Waals surface area contributed by atoms with Crippen LogP contribution in [0, 0.1) is 0 Å². The van der Waals surface area contributed by atoms with Crippen molar-refractivity contribution in [1.82, 2.24) is 24.6 Å². The number of nitrogens with two attached hydrogens (primary N) is 1. The third-order valence-corrected chi connectivity index (χ3v) is 6.00. The molecule has 3 N–H and O–H groups in total. The Balaban J connectivity index is 1.48. The molecule has 146 valence electrons. The summed E-state index contributed by atoms with van der Waals surface area (Å²) in [7, 11) is 0. The molecule has 3 aromatic heterocycles. The number of hydrogen-bond acceptors (Lipinski definition) is 6. The van der Waals surface area contributed by atoms with E-state index in [9.17, 15) is 4.79 Å². The second-order valence-electron chi connectivity index (χ2n) is 7.10. The number of H-pyrrole nitrogens is 1. The maximum Gasteiger partial charge on any atom is 0.257 e. The molecule has 5 rings (SSSR count). The van der Waals surface area contributed by atoms with E-state index in [4.69, 9.17) is 10.8 Å². The highest BCUT2D eigenvalue weighted by Crippen LogP contribution is 2.29.